The third kappa shape index (κ3) is 9.02. The molecule has 8 nitrogen and oxygen atoms in total. The third-order valence-corrected chi connectivity index (χ3v) is 2.90. The number of ether oxygens (including phenoxy) is 2. The van der Waals surface area contributed by atoms with Crippen LogP contribution in [-0.4, -0.2) is 54.5 Å². The highest BCUT2D eigenvalue weighted by atomic mass is 16.6. The largest absolute Gasteiger partial charge is 0.467 e. The van der Waals surface area contributed by atoms with Crippen molar-refractivity contribution in [3.05, 3.63) is 0 Å². The molecule has 0 saturated heterocycles. The molecule has 3 atom stereocenters. The minimum atomic E-state index is -1.09. The minimum absolute atomic E-state index is 0.295. The number of amides is 2. The SMILES string of the molecule is COC(=O)[C@H](CO)NC(=O)[C@H](C)C[C@@H](C)NC(=O)OC(C)(C)C. The van der Waals surface area contributed by atoms with Crippen molar-refractivity contribution in [2.24, 2.45) is 5.92 Å². The molecular weight excluding hydrogens is 304 g/mol. The molecule has 0 saturated carbocycles. The van der Waals surface area contributed by atoms with Gasteiger partial charge in [-0.1, -0.05) is 6.92 Å². The zero-order chi connectivity index (χ0) is 18.2. The Morgan fingerprint density at radius 2 is 1.70 bits per heavy atom. The van der Waals surface area contributed by atoms with Crippen LogP contribution in [0.1, 0.15) is 41.0 Å². The lowest BCUT2D eigenvalue weighted by Gasteiger charge is -2.23. The van der Waals surface area contributed by atoms with Crippen molar-refractivity contribution in [2.75, 3.05) is 13.7 Å². The average molecular weight is 332 g/mol. The van der Waals surface area contributed by atoms with Crippen LogP contribution in [-0.2, 0) is 19.1 Å². The van der Waals surface area contributed by atoms with Crippen LogP contribution in [0.5, 0.6) is 0 Å². The zero-order valence-electron chi connectivity index (χ0n) is 14.6. The number of aliphatic hydroxyl groups excluding tert-OH is 1. The van der Waals surface area contributed by atoms with Gasteiger partial charge in [-0.25, -0.2) is 9.59 Å². The quantitative estimate of drug-likeness (QED) is 0.588. The van der Waals surface area contributed by atoms with Gasteiger partial charge in [0.05, 0.1) is 13.7 Å². The second-order valence-electron chi connectivity index (χ2n) is 6.45. The molecule has 0 bridgehead atoms. The van der Waals surface area contributed by atoms with Crippen molar-refractivity contribution in [3.63, 3.8) is 0 Å². The number of aliphatic hydroxyl groups is 1. The van der Waals surface area contributed by atoms with Gasteiger partial charge >= 0.3 is 12.1 Å². The number of rotatable bonds is 7. The van der Waals surface area contributed by atoms with Gasteiger partial charge in [-0.2, -0.15) is 0 Å². The summed E-state index contributed by atoms with van der Waals surface area (Å²) in [6.45, 7) is 8.14. The summed E-state index contributed by atoms with van der Waals surface area (Å²) < 4.78 is 9.61. The molecule has 0 rings (SSSR count). The van der Waals surface area contributed by atoms with E-state index in [1.54, 1.807) is 34.6 Å². The molecule has 0 aromatic heterocycles. The summed E-state index contributed by atoms with van der Waals surface area (Å²) in [6, 6.07) is -1.39. The second-order valence-corrected chi connectivity index (χ2v) is 6.45. The molecule has 134 valence electrons. The smallest absolute Gasteiger partial charge is 0.407 e. The number of esters is 1. The lowest BCUT2D eigenvalue weighted by molar-refractivity contribution is -0.146. The number of methoxy groups -OCH3 is 1. The molecule has 8 heteroatoms. The van der Waals surface area contributed by atoms with Crippen LogP contribution in [0.2, 0.25) is 0 Å². The van der Waals surface area contributed by atoms with E-state index in [2.05, 4.69) is 15.4 Å². The fourth-order valence-corrected chi connectivity index (χ4v) is 1.84. The van der Waals surface area contributed by atoms with Gasteiger partial charge in [0, 0.05) is 12.0 Å². The maximum atomic E-state index is 12.0. The van der Waals surface area contributed by atoms with Crippen LogP contribution in [0.3, 0.4) is 0 Å². The van der Waals surface area contributed by atoms with Crippen molar-refractivity contribution < 1.29 is 29.0 Å². The lowest BCUT2D eigenvalue weighted by Crippen LogP contribution is -2.47. The molecule has 0 spiro atoms. The fraction of sp³-hybridized carbons (Fsp3) is 0.800. The van der Waals surface area contributed by atoms with Crippen LogP contribution in [0.4, 0.5) is 4.79 Å². The van der Waals surface area contributed by atoms with Crippen LogP contribution < -0.4 is 10.6 Å². The first-order valence-electron chi connectivity index (χ1n) is 7.48. The zero-order valence-corrected chi connectivity index (χ0v) is 14.6. The van der Waals surface area contributed by atoms with Gasteiger partial charge in [-0.05, 0) is 34.1 Å². The first-order valence-corrected chi connectivity index (χ1v) is 7.48. The van der Waals surface area contributed by atoms with Gasteiger partial charge in [0.2, 0.25) is 5.91 Å². The van der Waals surface area contributed by atoms with Crippen molar-refractivity contribution in [1.29, 1.82) is 0 Å². The van der Waals surface area contributed by atoms with E-state index in [4.69, 9.17) is 9.84 Å². The van der Waals surface area contributed by atoms with E-state index in [9.17, 15) is 14.4 Å². The Kier molecular flexibility index (Phi) is 8.60. The second kappa shape index (κ2) is 9.34. The van der Waals surface area contributed by atoms with E-state index in [1.165, 1.54) is 7.11 Å². The molecule has 0 unspecified atom stereocenters. The Hall–Kier alpha value is -1.83. The van der Waals surface area contributed by atoms with Crippen LogP contribution in [0.25, 0.3) is 0 Å². The van der Waals surface area contributed by atoms with Crippen molar-refractivity contribution in [2.45, 2.75) is 58.7 Å². The molecule has 0 aromatic carbocycles. The maximum absolute atomic E-state index is 12.0. The molecule has 3 N–H and O–H groups in total. The number of nitrogens with one attached hydrogen (secondary N) is 2. The van der Waals surface area contributed by atoms with Crippen molar-refractivity contribution in [3.8, 4) is 0 Å². The third-order valence-electron chi connectivity index (χ3n) is 2.90. The first-order chi connectivity index (χ1) is 10.5. The first kappa shape index (κ1) is 21.2. The van der Waals surface area contributed by atoms with E-state index < -0.39 is 42.1 Å². The predicted molar refractivity (Wildman–Crippen MR) is 83.6 cm³/mol. The minimum Gasteiger partial charge on any atom is -0.467 e. The molecular formula is C15H28N2O6. The predicted octanol–water partition coefficient (Wildman–Crippen LogP) is 0.576. The van der Waals surface area contributed by atoms with E-state index in [1.807, 2.05) is 0 Å². The summed E-state index contributed by atoms with van der Waals surface area (Å²) in [5.74, 6) is -1.60. The molecule has 0 heterocycles. The standard InChI is InChI=1S/C15H28N2O6/c1-9(12(19)17-11(8-18)13(20)22-6)7-10(2)16-14(21)23-15(3,4)5/h9-11,18H,7-8H2,1-6H3,(H,16,21)(H,17,19)/t9-,10-,11+/m1/s1. The summed E-state index contributed by atoms with van der Waals surface area (Å²) in [4.78, 5) is 35.0. The summed E-state index contributed by atoms with van der Waals surface area (Å²) in [5, 5.41) is 14.1. The maximum Gasteiger partial charge on any atom is 0.407 e. The van der Waals surface area contributed by atoms with Gasteiger partial charge in [0.15, 0.2) is 6.04 Å². The van der Waals surface area contributed by atoms with E-state index in [0.717, 1.165) is 0 Å². The summed E-state index contributed by atoms with van der Waals surface area (Å²) in [6.07, 6.45) is -0.204. The Bertz CT molecular complexity index is 419. The Morgan fingerprint density at radius 3 is 2.13 bits per heavy atom. The number of carbonyl (C=O) groups is 3. The van der Waals surface area contributed by atoms with Crippen LogP contribution in [0, 0.1) is 5.92 Å². The molecule has 0 aliphatic heterocycles. The van der Waals surface area contributed by atoms with Gasteiger partial charge < -0.3 is 25.2 Å². The van der Waals surface area contributed by atoms with Crippen LogP contribution in [0.15, 0.2) is 0 Å². The van der Waals surface area contributed by atoms with Gasteiger partial charge in [0.1, 0.15) is 5.60 Å². The monoisotopic (exact) mass is 332 g/mol. The number of hydrogen-bond donors (Lipinski definition) is 3. The molecule has 0 aliphatic rings. The Balaban J connectivity index is 4.40. The van der Waals surface area contributed by atoms with Gasteiger partial charge in [0.25, 0.3) is 0 Å². The number of alkyl carbamates (subject to hydrolysis) is 1. The number of hydrogen-bond acceptors (Lipinski definition) is 6. The van der Waals surface area contributed by atoms with E-state index in [-0.39, 0.29) is 6.04 Å². The Morgan fingerprint density at radius 1 is 1.13 bits per heavy atom. The summed E-state index contributed by atoms with van der Waals surface area (Å²) >= 11 is 0. The van der Waals surface area contributed by atoms with Crippen LogP contribution >= 0.6 is 0 Å². The average Bonchev–Trinajstić information content (AvgIpc) is 2.40. The van der Waals surface area contributed by atoms with Crippen molar-refractivity contribution in [1.82, 2.24) is 10.6 Å². The van der Waals surface area contributed by atoms with Crippen molar-refractivity contribution >= 4 is 18.0 Å². The number of carbonyl (C=O) groups excluding carboxylic acids is 3. The molecule has 0 radical (unpaired) electrons. The Labute approximate surface area is 136 Å². The normalized spacial score (nSPS) is 15.1. The molecule has 0 aromatic rings. The van der Waals surface area contributed by atoms with Gasteiger partial charge in [-0.15, -0.1) is 0 Å². The highest BCUT2D eigenvalue weighted by Crippen LogP contribution is 2.10. The summed E-state index contributed by atoms with van der Waals surface area (Å²) in [7, 11) is 1.17. The van der Waals surface area contributed by atoms with Gasteiger partial charge in [-0.3, -0.25) is 4.79 Å². The highest BCUT2D eigenvalue weighted by Gasteiger charge is 2.25. The molecule has 2 amide bonds. The fourth-order valence-electron chi connectivity index (χ4n) is 1.84. The lowest BCUT2D eigenvalue weighted by atomic mass is 10.0. The topological polar surface area (TPSA) is 114 Å². The van der Waals surface area contributed by atoms with E-state index >= 15 is 0 Å². The summed E-state index contributed by atoms with van der Waals surface area (Å²) in [5.41, 5.74) is -0.596. The molecule has 0 fully saturated rings. The molecule has 0 aliphatic carbocycles. The molecule has 23 heavy (non-hydrogen) atoms. The van der Waals surface area contributed by atoms with E-state index in [0.29, 0.717) is 6.42 Å². The highest BCUT2D eigenvalue weighted by molar-refractivity contribution is 5.85.